The fourth-order valence-corrected chi connectivity index (χ4v) is 3.03. The lowest BCUT2D eigenvalue weighted by molar-refractivity contribution is 0.104. The Hall–Kier alpha value is -1.27. The van der Waals surface area contributed by atoms with Crippen molar-refractivity contribution in [2.24, 2.45) is 5.92 Å². The van der Waals surface area contributed by atoms with Crippen LogP contribution >= 0.6 is 11.8 Å². The highest BCUT2D eigenvalue weighted by Gasteiger charge is 2.23. The van der Waals surface area contributed by atoms with Crippen LogP contribution in [0.1, 0.15) is 12.8 Å². The van der Waals surface area contributed by atoms with E-state index in [0.29, 0.717) is 29.7 Å². The average Bonchev–Trinajstić information content (AvgIpc) is 2.48. The van der Waals surface area contributed by atoms with Gasteiger partial charge in [0.2, 0.25) is 0 Å². The first kappa shape index (κ1) is 16.1. The van der Waals surface area contributed by atoms with Crippen LogP contribution in [-0.2, 0) is 4.74 Å². The number of carbonyl (C=O) groups excluding carboxylic acids is 1. The molecular weight excluding hydrogens is 291 g/mol. The molecule has 1 atom stereocenters. The molecular formula is C15H21FN2O2S. The smallest absolute Gasteiger partial charge is 0.321 e. The van der Waals surface area contributed by atoms with Crippen molar-refractivity contribution in [3.05, 3.63) is 24.0 Å². The number of amides is 2. The lowest BCUT2D eigenvalue weighted by Gasteiger charge is -2.32. The minimum Gasteiger partial charge on any atom is -0.384 e. The number of anilines is 1. The molecule has 1 aromatic rings. The quantitative estimate of drug-likeness (QED) is 0.866. The maximum absolute atomic E-state index is 13.7. The van der Waals surface area contributed by atoms with E-state index >= 15 is 0 Å². The zero-order valence-electron chi connectivity index (χ0n) is 12.4. The lowest BCUT2D eigenvalue weighted by atomic mass is 9.99. The Bertz CT molecular complexity index is 497. The molecule has 6 heteroatoms. The van der Waals surface area contributed by atoms with E-state index in [2.05, 4.69) is 5.32 Å². The number of ether oxygens (including phenoxy) is 1. The Morgan fingerprint density at radius 2 is 2.38 bits per heavy atom. The highest BCUT2D eigenvalue weighted by molar-refractivity contribution is 7.98. The maximum Gasteiger partial charge on any atom is 0.321 e. The van der Waals surface area contributed by atoms with Gasteiger partial charge in [-0.15, -0.1) is 11.8 Å². The van der Waals surface area contributed by atoms with Crippen LogP contribution in [-0.4, -0.2) is 44.0 Å². The van der Waals surface area contributed by atoms with Gasteiger partial charge in [0.15, 0.2) is 0 Å². The number of nitrogens with zero attached hydrogens (tertiary/aromatic N) is 1. The van der Waals surface area contributed by atoms with E-state index in [-0.39, 0.29) is 11.8 Å². The van der Waals surface area contributed by atoms with E-state index in [1.165, 1.54) is 17.8 Å². The summed E-state index contributed by atoms with van der Waals surface area (Å²) >= 11 is 1.34. The molecule has 1 N–H and O–H groups in total. The van der Waals surface area contributed by atoms with Gasteiger partial charge >= 0.3 is 6.03 Å². The molecule has 2 amide bonds. The molecule has 1 fully saturated rings. The van der Waals surface area contributed by atoms with Gasteiger partial charge < -0.3 is 15.0 Å². The van der Waals surface area contributed by atoms with E-state index in [4.69, 9.17) is 4.74 Å². The molecule has 0 aromatic heterocycles. The van der Waals surface area contributed by atoms with E-state index in [1.807, 2.05) is 6.26 Å². The average molecular weight is 312 g/mol. The molecule has 1 aromatic carbocycles. The molecule has 1 saturated heterocycles. The number of thioether (sulfide) groups is 1. The van der Waals surface area contributed by atoms with Crippen molar-refractivity contribution >= 4 is 23.5 Å². The van der Waals surface area contributed by atoms with Crippen molar-refractivity contribution in [3.63, 3.8) is 0 Å². The summed E-state index contributed by atoms with van der Waals surface area (Å²) < 4.78 is 18.9. The van der Waals surface area contributed by atoms with Crippen molar-refractivity contribution in [3.8, 4) is 0 Å². The first-order chi connectivity index (χ1) is 10.1. The van der Waals surface area contributed by atoms with E-state index in [0.717, 1.165) is 19.4 Å². The minimum absolute atomic E-state index is 0.174. The minimum atomic E-state index is -0.309. The number of piperidine rings is 1. The van der Waals surface area contributed by atoms with Crippen molar-refractivity contribution in [2.45, 2.75) is 17.7 Å². The van der Waals surface area contributed by atoms with Gasteiger partial charge in [0.05, 0.1) is 6.61 Å². The predicted molar refractivity (Wildman–Crippen MR) is 83.4 cm³/mol. The van der Waals surface area contributed by atoms with E-state index < -0.39 is 0 Å². The molecule has 1 unspecified atom stereocenters. The van der Waals surface area contributed by atoms with Gasteiger partial charge in [-0.25, -0.2) is 9.18 Å². The van der Waals surface area contributed by atoms with Crippen LogP contribution < -0.4 is 5.32 Å². The number of halogens is 1. The number of methoxy groups -OCH3 is 1. The topological polar surface area (TPSA) is 41.6 Å². The third-order valence-corrected chi connectivity index (χ3v) is 4.38. The number of likely N-dealkylation sites (tertiary alicyclic amines) is 1. The summed E-state index contributed by atoms with van der Waals surface area (Å²) in [6.45, 7) is 2.09. The van der Waals surface area contributed by atoms with Gasteiger partial charge in [0.25, 0.3) is 0 Å². The Morgan fingerprint density at radius 1 is 1.57 bits per heavy atom. The van der Waals surface area contributed by atoms with Gasteiger partial charge in [-0.05, 0) is 37.3 Å². The Morgan fingerprint density at radius 3 is 3.05 bits per heavy atom. The second-order valence-electron chi connectivity index (χ2n) is 5.19. The van der Waals surface area contributed by atoms with Crippen molar-refractivity contribution in [1.82, 2.24) is 4.90 Å². The molecule has 0 bridgehead atoms. The molecule has 116 valence electrons. The standard InChI is InChI=1S/C15H21FN2O2S/c1-20-10-11-4-3-7-18(9-11)15(19)17-12-5-6-14(21-2)13(16)8-12/h5-6,8,11H,3-4,7,9-10H2,1-2H3,(H,17,19). The van der Waals surface area contributed by atoms with Crippen LogP contribution in [0.3, 0.4) is 0 Å². The summed E-state index contributed by atoms with van der Waals surface area (Å²) in [5.41, 5.74) is 0.490. The second-order valence-corrected chi connectivity index (χ2v) is 6.04. The normalized spacial score (nSPS) is 18.6. The molecule has 1 heterocycles. The highest BCUT2D eigenvalue weighted by Crippen LogP contribution is 2.23. The van der Waals surface area contributed by atoms with Gasteiger partial charge in [-0.3, -0.25) is 0 Å². The highest BCUT2D eigenvalue weighted by atomic mass is 32.2. The zero-order chi connectivity index (χ0) is 15.2. The summed E-state index contributed by atoms with van der Waals surface area (Å²) in [7, 11) is 1.68. The molecule has 0 saturated carbocycles. The molecule has 2 rings (SSSR count). The van der Waals surface area contributed by atoms with Crippen LogP contribution in [0.15, 0.2) is 23.1 Å². The second kappa shape index (κ2) is 7.66. The molecule has 21 heavy (non-hydrogen) atoms. The number of urea groups is 1. The predicted octanol–water partition coefficient (Wildman–Crippen LogP) is 3.44. The summed E-state index contributed by atoms with van der Waals surface area (Å²) in [6.07, 6.45) is 3.87. The van der Waals surface area contributed by atoms with Crippen LogP contribution in [0.2, 0.25) is 0 Å². The maximum atomic E-state index is 13.7. The number of hydrogen-bond acceptors (Lipinski definition) is 3. The monoisotopic (exact) mass is 312 g/mol. The van der Waals surface area contributed by atoms with Gasteiger partial charge in [0, 0.05) is 36.7 Å². The fraction of sp³-hybridized carbons (Fsp3) is 0.533. The molecule has 4 nitrogen and oxygen atoms in total. The molecule has 0 aliphatic carbocycles. The van der Waals surface area contributed by atoms with Crippen LogP contribution in [0.25, 0.3) is 0 Å². The molecule has 0 radical (unpaired) electrons. The van der Waals surface area contributed by atoms with Gasteiger partial charge in [-0.1, -0.05) is 0 Å². The van der Waals surface area contributed by atoms with Crippen LogP contribution in [0.5, 0.6) is 0 Å². The number of benzene rings is 1. The number of rotatable bonds is 4. The summed E-state index contributed by atoms with van der Waals surface area (Å²) in [6, 6.07) is 4.59. The molecule has 1 aliphatic rings. The number of carbonyl (C=O) groups is 1. The molecule has 0 spiro atoms. The third-order valence-electron chi connectivity index (χ3n) is 3.61. The Labute approximate surface area is 129 Å². The van der Waals surface area contributed by atoms with Gasteiger partial charge in [-0.2, -0.15) is 0 Å². The molecule has 1 aliphatic heterocycles. The SMILES string of the molecule is COCC1CCCN(C(=O)Nc2ccc(SC)c(F)c2)C1. The Balaban J connectivity index is 1.96. The lowest BCUT2D eigenvalue weighted by Crippen LogP contribution is -2.43. The van der Waals surface area contributed by atoms with Crippen molar-refractivity contribution < 1.29 is 13.9 Å². The van der Waals surface area contributed by atoms with Crippen LogP contribution in [0, 0.1) is 11.7 Å². The fourth-order valence-electron chi connectivity index (χ4n) is 2.57. The third kappa shape index (κ3) is 4.35. The summed E-state index contributed by atoms with van der Waals surface area (Å²) in [4.78, 5) is 14.6. The first-order valence-corrected chi connectivity index (χ1v) is 8.25. The van der Waals surface area contributed by atoms with E-state index in [9.17, 15) is 9.18 Å². The first-order valence-electron chi connectivity index (χ1n) is 7.02. The van der Waals surface area contributed by atoms with E-state index in [1.54, 1.807) is 24.1 Å². The van der Waals surface area contributed by atoms with Gasteiger partial charge in [0.1, 0.15) is 5.82 Å². The Kier molecular flexibility index (Phi) is 5.87. The summed E-state index contributed by atoms with van der Waals surface area (Å²) in [5.74, 6) is 0.0707. The van der Waals surface area contributed by atoms with Crippen molar-refractivity contribution in [2.75, 3.05) is 38.4 Å². The zero-order valence-corrected chi connectivity index (χ0v) is 13.2. The number of nitrogens with one attached hydrogen (secondary N) is 1. The van der Waals surface area contributed by atoms with Crippen LogP contribution in [0.4, 0.5) is 14.9 Å². The number of hydrogen-bond donors (Lipinski definition) is 1. The largest absolute Gasteiger partial charge is 0.384 e. The van der Waals surface area contributed by atoms with Crippen molar-refractivity contribution in [1.29, 1.82) is 0 Å². The summed E-state index contributed by atoms with van der Waals surface area (Å²) in [5, 5.41) is 2.76.